The van der Waals surface area contributed by atoms with Crippen LogP contribution < -0.4 is 4.74 Å². The molecule has 0 aromatic heterocycles. The van der Waals surface area contributed by atoms with Crippen LogP contribution in [0.4, 0.5) is 0 Å². The largest absolute Gasteiger partial charge is 0.507 e. The Bertz CT molecular complexity index is 459. The lowest BCUT2D eigenvalue weighted by molar-refractivity contribution is 0.0984. The SMILES string of the molecule is CCCc1c(OC[C@H](O)CCl)ccc(C(=O)CC)c1O. The van der Waals surface area contributed by atoms with Crippen LogP contribution in [-0.2, 0) is 6.42 Å². The molecule has 1 atom stereocenters. The number of hydrogen-bond acceptors (Lipinski definition) is 4. The third-order valence-electron chi connectivity index (χ3n) is 2.97. The average molecular weight is 301 g/mol. The molecule has 0 unspecified atom stereocenters. The number of aromatic hydroxyl groups is 1. The normalized spacial score (nSPS) is 12.2. The lowest BCUT2D eigenvalue weighted by atomic mass is 10.00. The van der Waals surface area contributed by atoms with Crippen molar-refractivity contribution in [3.05, 3.63) is 23.3 Å². The van der Waals surface area contributed by atoms with E-state index in [9.17, 15) is 15.0 Å². The van der Waals surface area contributed by atoms with Crippen LogP contribution in [0.5, 0.6) is 11.5 Å². The van der Waals surface area contributed by atoms with Crippen LogP contribution in [0.2, 0.25) is 0 Å². The Balaban J connectivity index is 3.06. The van der Waals surface area contributed by atoms with E-state index in [-0.39, 0.29) is 24.0 Å². The fraction of sp³-hybridized carbons (Fsp3) is 0.533. The summed E-state index contributed by atoms with van der Waals surface area (Å²) < 4.78 is 5.49. The summed E-state index contributed by atoms with van der Waals surface area (Å²) in [6, 6.07) is 3.22. The number of phenols is 1. The number of ketones is 1. The lowest BCUT2D eigenvalue weighted by Crippen LogP contribution is -2.19. The maximum absolute atomic E-state index is 11.8. The summed E-state index contributed by atoms with van der Waals surface area (Å²) >= 11 is 5.51. The van der Waals surface area contributed by atoms with E-state index in [0.717, 1.165) is 6.42 Å². The zero-order valence-electron chi connectivity index (χ0n) is 11.9. The maximum atomic E-state index is 11.8. The molecule has 0 aliphatic carbocycles. The number of halogens is 1. The molecule has 0 aliphatic rings. The molecule has 1 rings (SSSR count). The van der Waals surface area contributed by atoms with Crippen LogP contribution in [0.15, 0.2) is 12.1 Å². The third-order valence-corrected chi connectivity index (χ3v) is 3.33. The summed E-state index contributed by atoms with van der Waals surface area (Å²) in [7, 11) is 0. The second kappa shape index (κ2) is 8.12. The number of phenolic OH excluding ortho intramolecular Hbond substituents is 1. The molecule has 0 bridgehead atoms. The molecule has 4 nitrogen and oxygen atoms in total. The summed E-state index contributed by atoms with van der Waals surface area (Å²) in [6.07, 6.45) is 0.990. The van der Waals surface area contributed by atoms with Crippen LogP contribution in [0.1, 0.15) is 42.6 Å². The molecule has 0 amide bonds. The van der Waals surface area contributed by atoms with E-state index < -0.39 is 6.10 Å². The number of carbonyl (C=O) groups is 1. The molecule has 0 spiro atoms. The van der Waals surface area contributed by atoms with Gasteiger partial charge in [0.2, 0.25) is 0 Å². The number of ether oxygens (including phenoxy) is 1. The minimum atomic E-state index is -0.759. The lowest BCUT2D eigenvalue weighted by Gasteiger charge is -2.16. The van der Waals surface area contributed by atoms with E-state index in [2.05, 4.69) is 0 Å². The van der Waals surface area contributed by atoms with Crippen molar-refractivity contribution in [2.45, 2.75) is 39.2 Å². The smallest absolute Gasteiger partial charge is 0.166 e. The minimum absolute atomic E-state index is 0.0171. The van der Waals surface area contributed by atoms with Gasteiger partial charge in [0, 0.05) is 12.0 Å². The van der Waals surface area contributed by atoms with Crippen molar-refractivity contribution >= 4 is 17.4 Å². The first-order valence-corrected chi connectivity index (χ1v) is 7.33. The number of Topliss-reactive ketones (excluding diaryl/α,β-unsaturated/α-hetero) is 1. The fourth-order valence-corrected chi connectivity index (χ4v) is 1.98. The van der Waals surface area contributed by atoms with Crippen molar-refractivity contribution in [3.8, 4) is 11.5 Å². The average Bonchev–Trinajstić information content (AvgIpc) is 2.46. The van der Waals surface area contributed by atoms with Crippen molar-refractivity contribution in [2.75, 3.05) is 12.5 Å². The number of hydrogen-bond donors (Lipinski definition) is 2. The van der Waals surface area contributed by atoms with Gasteiger partial charge in [-0.05, 0) is 18.6 Å². The molecule has 1 aromatic rings. The van der Waals surface area contributed by atoms with E-state index in [1.807, 2.05) is 6.92 Å². The fourth-order valence-electron chi connectivity index (χ4n) is 1.89. The van der Waals surface area contributed by atoms with Crippen molar-refractivity contribution in [2.24, 2.45) is 0 Å². The van der Waals surface area contributed by atoms with Gasteiger partial charge >= 0.3 is 0 Å². The number of rotatable bonds is 8. The van der Waals surface area contributed by atoms with Crippen LogP contribution in [-0.4, -0.2) is 34.6 Å². The molecule has 0 radical (unpaired) electrons. The van der Waals surface area contributed by atoms with Crippen LogP contribution >= 0.6 is 11.6 Å². The van der Waals surface area contributed by atoms with Crippen molar-refractivity contribution in [3.63, 3.8) is 0 Å². The van der Waals surface area contributed by atoms with E-state index in [4.69, 9.17) is 16.3 Å². The van der Waals surface area contributed by atoms with Gasteiger partial charge in [0.05, 0.1) is 11.4 Å². The Labute approximate surface area is 124 Å². The quantitative estimate of drug-likeness (QED) is 0.572. The minimum Gasteiger partial charge on any atom is -0.507 e. The molecular weight excluding hydrogens is 280 g/mol. The number of carbonyl (C=O) groups excluding carboxylic acids is 1. The van der Waals surface area contributed by atoms with Gasteiger partial charge in [-0.25, -0.2) is 0 Å². The first kappa shape index (κ1) is 16.8. The number of alkyl halides is 1. The maximum Gasteiger partial charge on any atom is 0.166 e. The monoisotopic (exact) mass is 300 g/mol. The van der Waals surface area contributed by atoms with Crippen molar-refractivity contribution < 1.29 is 19.7 Å². The van der Waals surface area contributed by atoms with E-state index >= 15 is 0 Å². The zero-order chi connectivity index (χ0) is 15.1. The predicted molar refractivity (Wildman–Crippen MR) is 78.9 cm³/mol. The highest BCUT2D eigenvalue weighted by Gasteiger charge is 2.17. The van der Waals surface area contributed by atoms with Gasteiger partial charge in [-0.15, -0.1) is 11.6 Å². The Morgan fingerprint density at radius 1 is 1.40 bits per heavy atom. The molecule has 0 aliphatic heterocycles. The predicted octanol–water partition coefficient (Wildman–Crippen LogP) is 2.92. The summed E-state index contributed by atoms with van der Waals surface area (Å²) in [6.45, 7) is 3.79. The molecule has 112 valence electrons. The van der Waals surface area contributed by atoms with Crippen LogP contribution in [0.25, 0.3) is 0 Å². The van der Waals surface area contributed by atoms with Gasteiger partial charge in [0.1, 0.15) is 24.2 Å². The summed E-state index contributed by atoms with van der Waals surface area (Å²) in [5.74, 6) is 0.450. The van der Waals surface area contributed by atoms with Gasteiger partial charge in [-0.2, -0.15) is 0 Å². The van der Waals surface area contributed by atoms with Gasteiger partial charge in [-0.1, -0.05) is 20.3 Å². The van der Waals surface area contributed by atoms with Crippen molar-refractivity contribution in [1.82, 2.24) is 0 Å². The molecule has 1 aromatic carbocycles. The summed E-state index contributed by atoms with van der Waals surface area (Å²) in [4.78, 5) is 11.8. The Kier molecular flexibility index (Phi) is 6.82. The van der Waals surface area contributed by atoms with Crippen LogP contribution in [0, 0.1) is 0 Å². The van der Waals surface area contributed by atoms with E-state index in [1.54, 1.807) is 19.1 Å². The third kappa shape index (κ3) is 4.12. The summed E-state index contributed by atoms with van der Waals surface area (Å²) in [5.41, 5.74) is 0.926. The van der Waals surface area contributed by atoms with Gasteiger partial charge in [-0.3, -0.25) is 4.79 Å². The highest BCUT2D eigenvalue weighted by molar-refractivity contribution is 6.18. The first-order valence-electron chi connectivity index (χ1n) is 6.79. The molecule has 0 heterocycles. The molecule has 20 heavy (non-hydrogen) atoms. The Morgan fingerprint density at radius 2 is 2.10 bits per heavy atom. The Morgan fingerprint density at radius 3 is 2.65 bits per heavy atom. The van der Waals surface area contributed by atoms with Crippen molar-refractivity contribution in [1.29, 1.82) is 0 Å². The zero-order valence-corrected chi connectivity index (χ0v) is 12.6. The standard InChI is InChI=1S/C15H21ClO4/c1-3-5-12-14(20-9-10(17)8-16)7-6-11(15(12)19)13(18)4-2/h6-7,10,17,19H,3-5,8-9H2,1-2H3/t10-/m1/s1. The molecule has 0 saturated carbocycles. The second-order valence-electron chi connectivity index (χ2n) is 4.58. The van der Waals surface area contributed by atoms with E-state index in [0.29, 0.717) is 29.7 Å². The highest BCUT2D eigenvalue weighted by atomic mass is 35.5. The van der Waals surface area contributed by atoms with Gasteiger partial charge in [0.25, 0.3) is 0 Å². The molecule has 0 fully saturated rings. The number of aliphatic hydroxyl groups excluding tert-OH is 1. The summed E-state index contributed by atoms with van der Waals surface area (Å²) in [5, 5.41) is 19.7. The highest BCUT2D eigenvalue weighted by Crippen LogP contribution is 2.33. The Hall–Kier alpha value is -1.26. The number of benzene rings is 1. The first-order chi connectivity index (χ1) is 9.54. The van der Waals surface area contributed by atoms with E-state index in [1.165, 1.54) is 0 Å². The van der Waals surface area contributed by atoms with Crippen LogP contribution in [0.3, 0.4) is 0 Å². The molecule has 5 heteroatoms. The van der Waals surface area contributed by atoms with Gasteiger partial charge in [0.15, 0.2) is 5.78 Å². The number of aliphatic hydroxyl groups is 1. The second-order valence-corrected chi connectivity index (χ2v) is 4.89. The molecule has 0 saturated heterocycles. The molecular formula is C15H21ClO4. The molecule has 2 N–H and O–H groups in total. The topological polar surface area (TPSA) is 66.8 Å². The van der Waals surface area contributed by atoms with Gasteiger partial charge < -0.3 is 14.9 Å².